The summed E-state index contributed by atoms with van der Waals surface area (Å²) in [7, 11) is 0. The Morgan fingerprint density at radius 1 is 0.818 bits per heavy atom. The van der Waals surface area contributed by atoms with Crippen molar-refractivity contribution in [2.24, 2.45) is 0 Å². The van der Waals surface area contributed by atoms with Crippen molar-refractivity contribution in [3.63, 3.8) is 0 Å². The van der Waals surface area contributed by atoms with Crippen LogP contribution < -0.4 is 9.80 Å². The summed E-state index contributed by atoms with van der Waals surface area (Å²) in [6.07, 6.45) is 12.1. The molecule has 0 N–H and O–H groups in total. The quantitative estimate of drug-likeness (QED) is 0.653. The lowest BCUT2D eigenvalue weighted by atomic mass is 10.0. The van der Waals surface area contributed by atoms with Crippen LogP contribution in [-0.4, -0.2) is 26.2 Å². The molecule has 2 aliphatic rings. The monoisotopic (exact) mass is 300 g/mol. The number of aryl methyl sites for hydroxylation is 1. The number of hydrogen-bond donors (Lipinski definition) is 0. The second kappa shape index (κ2) is 7.89. The minimum absolute atomic E-state index is 1.25. The number of hydrogen-bond acceptors (Lipinski definition) is 2. The third kappa shape index (κ3) is 3.77. The minimum Gasteiger partial charge on any atom is -0.371 e. The highest BCUT2D eigenvalue weighted by atomic mass is 15.2. The predicted molar refractivity (Wildman–Crippen MR) is 97.2 cm³/mol. The van der Waals surface area contributed by atoms with Gasteiger partial charge < -0.3 is 9.80 Å². The van der Waals surface area contributed by atoms with Crippen molar-refractivity contribution in [1.29, 1.82) is 0 Å². The Morgan fingerprint density at radius 2 is 1.50 bits per heavy atom. The van der Waals surface area contributed by atoms with Gasteiger partial charge in [-0.1, -0.05) is 32.3 Å². The van der Waals surface area contributed by atoms with E-state index in [0.717, 1.165) is 0 Å². The Labute approximate surface area is 136 Å². The van der Waals surface area contributed by atoms with Crippen LogP contribution in [0, 0.1) is 0 Å². The van der Waals surface area contributed by atoms with Crippen molar-refractivity contribution in [3.05, 3.63) is 23.8 Å². The number of benzene rings is 1. The van der Waals surface area contributed by atoms with Crippen molar-refractivity contribution in [2.75, 3.05) is 36.0 Å². The lowest BCUT2D eigenvalue weighted by Crippen LogP contribution is -2.22. The standard InChI is InChI=1S/C20H32N2/c1-2-3-4-5-10-18-11-12-19(21-13-6-7-14-21)17-20(18)22-15-8-9-16-22/h11-12,17H,2-10,13-16H2,1H3. The van der Waals surface area contributed by atoms with E-state index in [1.54, 1.807) is 11.3 Å². The summed E-state index contributed by atoms with van der Waals surface area (Å²) in [5.74, 6) is 0. The number of unbranched alkanes of at least 4 members (excludes halogenated alkanes) is 3. The normalized spacial score (nSPS) is 18.4. The zero-order chi connectivity index (χ0) is 15.2. The summed E-state index contributed by atoms with van der Waals surface area (Å²) in [4.78, 5) is 5.20. The Bertz CT molecular complexity index is 457. The van der Waals surface area contributed by atoms with E-state index in [9.17, 15) is 0 Å². The van der Waals surface area contributed by atoms with E-state index in [1.807, 2.05) is 0 Å². The van der Waals surface area contributed by atoms with Gasteiger partial charge in [-0.25, -0.2) is 0 Å². The molecule has 1 aromatic carbocycles. The molecule has 0 spiro atoms. The molecular weight excluding hydrogens is 268 g/mol. The van der Waals surface area contributed by atoms with E-state index < -0.39 is 0 Å². The first-order valence-electron chi connectivity index (χ1n) is 9.51. The molecule has 2 nitrogen and oxygen atoms in total. The van der Waals surface area contributed by atoms with Crippen molar-refractivity contribution < 1.29 is 0 Å². The van der Waals surface area contributed by atoms with Crippen LogP contribution in [-0.2, 0) is 6.42 Å². The number of nitrogens with zero attached hydrogens (tertiary/aromatic N) is 2. The second-order valence-corrected chi connectivity index (χ2v) is 7.01. The van der Waals surface area contributed by atoms with Crippen LogP contribution in [0.3, 0.4) is 0 Å². The largest absolute Gasteiger partial charge is 0.371 e. The maximum atomic E-state index is 2.63. The van der Waals surface area contributed by atoms with Crippen LogP contribution in [0.4, 0.5) is 11.4 Å². The average molecular weight is 300 g/mol. The van der Waals surface area contributed by atoms with Gasteiger partial charge in [0.25, 0.3) is 0 Å². The highest BCUT2D eigenvalue weighted by Gasteiger charge is 2.19. The molecule has 22 heavy (non-hydrogen) atoms. The fourth-order valence-corrected chi connectivity index (χ4v) is 3.93. The van der Waals surface area contributed by atoms with Gasteiger partial charge in [0.15, 0.2) is 0 Å². The van der Waals surface area contributed by atoms with Gasteiger partial charge in [0, 0.05) is 37.6 Å². The number of rotatable bonds is 7. The molecule has 1 aromatic rings. The van der Waals surface area contributed by atoms with Gasteiger partial charge in [-0.15, -0.1) is 0 Å². The molecule has 2 fully saturated rings. The third-order valence-electron chi connectivity index (χ3n) is 5.29. The summed E-state index contributed by atoms with van der Waals surface area (Å²) in [5, 5.41) is 0. The second-order valence-electron chi connectivity index (χ2n) is 7.01. The molecule has 0 aliphatic carbocycles. The summed E-state index contributed by atoms with van der Waals surface area (Å²) in [6, 6.07) is 7.29. The molecule has 0 atom stereocenters. The van der Waals surface area contributed by atoms with Gasteiger partial charge in [-0.2, -0.15) is 0 Å². The molecular formula is C20H32N2. The molecule has 0 unspecified atom stereocenters. The van der Waals surface area contributed by atoms with Crippen LogP contribution >= 0.6 is 0 Å². The Hall–Kier alpha value is -1.18. The first-order valence-corrected chi connectivity index (χ1v) is 9.51. The summed E-state index contributed by atoms with van der Waals surface area (Å²) in [6.45, 7) is 7.29. The molecule has 2 heterocycles. The van der Waals surface area contributed by atoms with E-state index in [4.69, 9.17) is 0 Å². The van der Waals surface area contributed by atoms with E-state index in [0.29, 0.717) is 0 Å². The first kappa shape index (κ1) is 15.7. The summed E-state index contributed by atoms with van der Waals surface area (Å²) in [5.41, 5.74) is 4.58. The van der Waals surface area contributed by atoms with Gasteiger partial charge in [0.05, 0.1) is 0 Å². The van der Waals surface area contributed by atoms with Gasteiger partial charge in [-0.05, 0) is 56.2 Å². The Morgan fingerprint density at radius 3 is 2.18 bits per heavy atom. The Balaban J connectivity index is 1.74. The average Bonchev–Trinajstić information content (AvgIpc) is 3.24. The topological polar surface area (TPSA) is 6.48 Å². The highest BCUT2D eigenvalue weighted by molar-refractivity contribution is 5.64. The molecule has 2 heteroatoms. The third-order valence-corrected chi connectivity index (χ3v) is 5.29. The lowest BCUT2D eigenvalue weighted by molar-refractivity contribution is 0.666. The molecule has 3 rings (SSSR count). The van der Waals surface area contributed by atoms with Gasteiger partial charge >= 0.3 is 0 Å². The molecule has 0 bridgehead atoms. The van der Waals surface area contributed by atoms with E-state index in [2.05, 4.69) is 34.9 Å². The fraction of sp³-hybridized carbons (Fsp3) is 0.700. The fourth-order valence-electron chi connectivity index (χ4n) is 3.93. The summed E-state index contributed by atoms with van der Waals surface area (Å²) < 4.78 is 0. The van der Waals surface area contributed by atoms with E-state index in [-0.39, 0.29) is 0 Å². The first-order chi connectivity index (χ1) is 10.9. The van der Waals surface area contributed by atoms with Crippen LogP contribution in [0.15, 0.2) is 18.2 Å². The highest BCUT2D eigenvalue weighted by Crippen LogP contribution is 2.32. The molecule has 2 aliphatic heterocycles. The lowest BCUT2D eigenvalue weighted by Gasteiger charge is -2.25. The van der Waals surface area contributed by atoms with Gasteiger partial charge in [0.2, 0.25) is 0 Å². The van der Waals surface area contributed by atoms with Crippen molar-refractivity contribution >= 4 is 11.4 Å². The maximum Gasteiger partial charge on any atom is 0.0419 e. The van der Waals surface area contributed by atoms with Crippen LogP contribution in [0.2, 0.25) is 0 Å². The smallest absolute Gasteiger partial charge is 0.0419 e. The van der Waals surface area contributed by atoms with Crippen LogP contribution in [0.1, 0.15) is 63.9 Å². The molecule has 2 saturated heterocycles. The van der Waals surface area contributed by atoms with Crippen LogP contribution in [0.5, 0.6) is 0 Å². The SMILES string of the molecule is CCCCCCc1ccc(N2CCCC2)cc1N1CCCC1. The van der Waals surface area contributed by atoms with Gasteiger partial charge in [-0.3, -0.25) is 0 Å². The van der Waals surface area contributed by atoms with E-state index >= 15 is 0 Å². The minimum atomic E-state index is 1.25. The van der Waals surface area contributed by atoms with E-state index in [1.165, 1.54) is 89.7 Å². The van der Waals surface area contributed by atoms with Gasteiger partial charge in [0.1, 0.15) is 0 Å². The number of anilines is 2. The Kier molecular flexibility index (Phi) is 5.64. The summed E-state index contributed by atoms with van der Waals surface area (Å²) >= 11 is 0. The predicted octanol–water partition coefficient (Wildman–Crippen LogP) is 5.01. The molecule has 0 saturated carbocycles. The molecule has 0 amide bonds. The molecule has 122 valence electrons. The molecule has 0 radical (unpaired) electrons. The zero-order valence-electron chi connectivity index (χ0n) is 14.3. The van der Waals surface area contributed by atoms with Crippen LogP contribution in [0.25, 0.3) is 0 Å². The van der Waals surface area contributed by atoms with Crippen molar-refractivity contribution in [1.82, 2.24) is 0 Å². The van der Waals surface area contributed by atoms with Crippen molar-refractivity contribution in [3.8, 4) is 0 Å². The molecule has 0 aromatic heterocycles. The van der Waals surface area contributed by atoms with Crippen molar-refractivity contribution in [2.45, 2.75) is 64.7 Å². The maximum absolute atomic E-state index is 2.63. The zero-order valence-corrected chi connectivity index (χ0v) is 14.3.